The second-order valence-electron chi connectivity index (χ2n) is 7.87. The van der Waals surface area contributed by atoms with Gasteiger partial charge in [0.1, 0.15) is 5.60 Å². The van der Waals surface area contributed by atoms with Gasteiger partial charge in [-0.05, 0) is 16.7 Å². The molecule has 0 saturated carbocycles. The van der Waals surface area contributed by atoms with Crippen LogP contribution in [0.15, 0.2) is 91.0 Å². The van der Waals surface area contributed by atoms with Gasteiger partial charge >= 0.3 is 0 Å². The van der Waals surface area contributed by atoms with E-state index in [0.717, 1.165) is 16.7 Å². The summed E-state index contributed by atoms with van der Waals surface area (Å²) in [6.07, 6.45) is 0. The van der Waals surface area contributed by atoms with E-state index in [1.807, 2.05) is 54.6 Å². The van der Waals surface area contributed by atoms with E-state index in [2.05, 4.69) is 36.4 Å². The summed E-state index contributed by atoms with van der Waals surface area (Å²) in [5, 5.41) is 0. The lowest BCUT2D eigenvalue weighted by atomic mass is 9.80. The van der Waals surface area contributed by atoms with Gasteiger partial charge in [0.25, 0.3) is 0 Å². The van der Waals surface area contributed by atoms with Crippen molar-refractivity contribution < 1.29 is 23.7 Å². The Labute approximate surface area is 208 Å². The largest absolute Gasteiger partial charge is 0.378 e. The fraction of sp³-hybridized carbons (Fsp3) is 0.379. The van der Waals surface area contributed by atoms with Crippen molar-refractivity contribution in [3.05, 3.63) is 108 Å². The molecule has 3 rings (SSSR count). The van der Waals surface area contributed by atoms with Crippen LogP contribution in [0.2, 0.25) is 0 Å². The van der Waals surface area contributed by atoms with E-state index in [4.69, 9.17) is 29.4 Å². The molecule has 0 fully saturated rings. The van der Waals surface area contributed by atoms with Crippen molar-refractivity contribution >= 4 is 0 Å². The van der Waals surface area contributed by atoms with Gasteiger partial charge in [0.15, 0.2) is 0 Å². The molecule has 0 amide bonds. The normalized spacial score (nSPS) is 11.6. The average Bonchev–Trinajstić information content (AvgIpc) is 2.93. The highest BCUT2D eigenvalue weighted by Gasteiger charge is 2.37. The van der Waals surface area contributed by atoms with Crippen molar-refractivity contribution in [3.8, 4) is 0 Å². The maximum Gasteiger partial charge on any atom is 0.143 e. The van der Waals surface area contributed by atoms with Crippen LogP contribution in [0.1, 0.15) is 16.7 Å². The second-order valence-corrected chi connectivity index (χ2v) is 7.87. The molecule has 0 aliphatic heterocycles. The number of rotatable bonds is 18. The maximum absolute atomic E-state index is 6.68. The zero-order chi connectivity index (χ0) is 24.4. The topological polar surface area (TPSA) is 72.2 Å². The molecule has 0 heterocycles. The van der Waals surface area contributed by atoms with Crippen LogP contribution in [0.5, 0.6) is 0 Å². The van der Waals surface area contributed by atoms with Crippen molar-refractivity contribution in [1.82, 2.24) is 0 Å². The number of nitrogens with two attached hydrogens (primary N) is 1. The minimum absolute atomic E-state index is 0.435. The Morgan fingerprint density at radius 2 is 0.743 bits per heavy atom. The third kappa shape index (κ3) is 8.54. The first kappa shape index (κ1) is 27.0. The lowest BCUT2D eigenvalue weighted by Crippen LogP contribution is -2.34. The van der Waals surface area contributed by atoms with Crippen LogP contribution >= 0.6 is 0 Å². The molecule has 188 valence electrons. The molecule has 0 unspecified atom stereocenters. The molecule has 3 aromatic rings. The molecule has 0 radical (unpaired) electrons. The summed E-state index contributed by atoms with van der Waals surface area (Å²) in [7, 11) is 0. The SMILES string of the molecule is NCCOCCOCCOCCOCCOC(c1ccccc1)(c1ccccc1)c1ccccc1. The summed E-state index contributed by atoms with van der Waals surface area (Å²) >= 11 is 0. The van der Waals surface area contributed by atoms with Crippen molar-refractivity contribution in [1.29, 1.82) is 0 Å². The molecule has 0 spiro atoms. The van der Waals surface area contributed by atoms with Gasteiger partial charge in [-0.1, -0.05) is 91.0 Å². The summed E-state index contributed by atoms with van der Waals surface area (Å²) in [6.45, 7) is 5.14. The van der Waals surface area contributed by atoms with Crippen LogP contribution in [0, 0.1) is 0 Å². The Balaban J connectivity index is 1.49. The average molecular weight is 480 g/mol. The van der Waals surface area contributed by atoms with Gasteiger partial charge in [-0.15, -0.1) is 0 Å². The molecule has 0 atom stereocenters. The summed E-state index contributed by atoms with van der Waals surface area (Å²) in [6, 6.07) is 31.0. The summed E-state index contributed by atoms with van der Waals surface area (Å²) < 4.78 is 28.7. The lowest BCUT2D eigenvalue weighted by molar-refractivity contribution is -0.0383. The van der Waals surface area contributed by atoms with Crippen LogP contribution in [0.3, 0.4) is 0 Å². The van der Waals surface area contributed by atoms with Crippen LogP contribution in [-0.2, 0) is 29.3 Å². The molecule has 0 bridgehead atoms. The molecule has 3 aromatic carbocycles. The van der Waals surface area contributed by atoms with Gasteiger partial charge in [-0.3, -0.25) is 0 Å². The van der Waals surface area contributed by atoms with Crippen LogP contribution in [-0.4, -0.2) is 66.0 Å². The first-order valence-corrected chi connectivity index (χ1v) is 12.2. The van der Waals surface area contributed by atoms with E-state index < -0.39 is 5.60 Å². The Morgan fingerprint density at radius 3 is 1.09 bits per heavy atom. The van der Waals surface area contributed by atoms with E-state index >= 15 is 0 Å². The Kier molecular flexibility index (Phi) is 12.5. The van der Waals surface area contributed by atoms with Crippen LogP contribution in [0.25, 0.3) is 0 Å². The molecule has 2 N–H and O–H groups in total. The smallest absolute Gasteiger partial charge is 0.143 e. The molecule has 6 nitrogen and oxygen atoms in total. The molecular formula is C29H37NO5. The maximum atomic E-state index is 6.68. The predicted molar refractivity (Wildman–Crippen MR) is 137 cm³/mol. The van der Waals surface area contributed by atoms with Crippen LogP contribution < -0.4 is 5.73 Å². The van der Waals surface area contributed by atoms with Crippen molar-refractivity contribution in [2.24, 2.45) is 5.73 Å². The fourth-order valence-electron chi connectivity index (χ4n) is 3.87. The third-order valence-electron chi connectivity index (χ3n) is 5.47. The lowest BCUT2D eigenvalue weighted by Gasteiger charge is -2.36. The molecule has 0 aliphatic rings. The van der Waals surface area contributed by atoms with E-state index in [9.17, 15) is 0 Å². The highest BCUT2D eigenvalue weighted by molar-refractivity contribution is 5.47. The minimum atomic E-state index is -0.727. The number of hydrogen-bond acceptors (Lipinski definition) is 6. The summed E-state index contributed by atoms with van der Waals surface area (Å²) in [5.74, 6) is 0. The monoisotopic (exact) mass is 479 g/mol. The Morgan fingerprint density at radius 1 is 0.429 bits per heavy atom. The number of hydrogen-bond donors (Lipinski definition) is 1. The van der Waals surface area contributed by atoms with Gasteiger partial charge in [-0.25, -0.2) is 0 Å². The predicted octanol–water partition coefficient (Wildman–Crippen LogP) is 4.02. The van der Waals surface area contributed by atoms with Gasteiger partial charge in [0.2, 0.25) is 0 Å². The Bertz CT molecular complexity index is 811. The highest BCUT2D eigenvalue weighted by atomic mass is 16.6. The number of benzene rings is 3. The fourth-order valence-corrected chi connectivity index (χ4v) is 3.87. The standard InChI is InChI=1S/C29H37NO5/c30-16-17-31-18-19-32-20-21-33-22-23-34-24-25-35-29(26-10-4-1-5-11-26,27-12-6-2-7-13-27)28-14-8-3-9-15-28/h1-15H,16-25,30H2. The van der Waals surface area contributed by atoms with E-state index in [-0.39, 0.29) is 0 Å². The third-order valence-corrected chi connectivity index (χ3v) is 5.47. The number of ether oxygens (including phenoxy) is 5. The van der Waals surface area contributed by atoms with Gasteiger partial charge in [0.05, 0.1) is 59.5 Å². The minimum Gasteiger partial charge on any atom is -0.378 e. The summed E-state index contributed by atoms with van der Waals surface area (Å²) in [5.41, 5.74) is 7.87. The van der Waals surface area contributed by atoms with E-state index in [0.29, 0.717) is 66.0 Å². The van der Waals surface area contributed by atoms with Crippen molar-refractivity contribution in [2.45, 2.75) is 5.60 Å². The molecule has 6 heteroatoms. The first-order chi connectivity index (χ1) is 17.4. The van der Waals surface area contributed by atoms with Gasteiger partial charge < -0.3 is 29.4 Å². The molecule has 0 aromatic heterocycles. The summed E-state index contributed by atoms with van der Waals surface area (Å²) in [4.78, 5) is 0. The first-order valence-electron chi connectivity index (χ1n) is 12.2. The second kappa shape index (κ2) is 16.2. The van der Waals surface area contributed by atoms with Crippen LogP contribution in [0.4, 0.5) is 0 Å². The van der Waals surface area contributed by atoms with Gasteiger partial charge in [-0.2, -0.15) is 0 Å². The van der Waals surface area contributed by atoms with Gasteiger partial charge in [0, 0.05) is 6.54 Å². The van der Waals surface area contributed by atoms with E-state index in [1.165, 1.54) is 0 Å². The van der Waals surface area contributed by atoms with Crippen molar-refractivity contribution in [2.75, 3.05) is 66.0 Å². The molecule has 35 heavy (non-hydrogen) atoms. The molecule has 0 aliphatic carbocycles. The van der Waals surface area contributed by atoms with Crippen molar-refractivity contribution in [3.63, 3.8) is 0 Å². The zero-order valence-corrected chi connectivity index (χ0v) is 20.3. The highest BCUT2D eigenvalue weighted by Crippen LogP contribution is 2.40. The molecule has 0 saturated heterocycles. The zero-order valence-electron chi connectivity index (χ0n) is 20.3. The Hall–Kier alpha value is -2.58. The van der Waals surface area contributed by atoms with E-state index in [1.54, 1.807) is 0 Å². The quantitative estimate of drug-likeness (QED) is 0.220. The molecular weight excluding hydrogens is 442 g/mol.